The van der Waals surface area contributed by atoms with Crippen LogP contribution in [0, 0.1) is 6.92 Å². The SMILES string of the molecule is CCc1cc(=O)oc2c(C)c3c(cc12)C[NH+](Cc1ccncc1)CO3. The van der Waals surface area contributed by atoms with Crippen LogP contribution in [0.15, 0.2) is 45.9 Å². The summed E-state index contributed by atoms with van der Waals surface area (Å²) in [5.41, 5.74) is 4.72. The van der Waals surface area contributed by atoms with Crippen molar-refractivity contribution in [3.8, 4) is 5.75 Å². The lowest BCUT2D eigenvalue weighted by Gasteiger charge is -2.27. The average Bonchev–Trinajstić information content (AvgIpc) is 2.63. The molecule has 4 rings (SSSR count). The molecule has 0 saturated heterocycles. The van der Waals surface area contributed by atoms with Gasteiger partial charge in [0.15, 0.2) is 0 Å². The van der Waals surface area contributed by atoms with Gasteiger partial charge < -0.3 is 9.15 Å². The third-order valence-corrected chi connectivity index (χ3v) is 4.82. The molecule has 0 spiro atoms. The smallest absolute Gasteiger partial charge is 0.336 e. The Hall–Kier alpha value is -2.66. The number of ether oxygens (including phenoxy) is 1. The molecular formula is C20H21N2O3+. The highest BCUT2D eigenvalue weighted by molar-refractivity contribution is 5.86. The van der Waals surface area contributed by atoms with Gasteiger partial charge in [0.2, 0.25) is 6.73 Å². The van der Waals surface area contributed by atoms with Crippen molar-refractivity contribution in [1.82, 2.24) is 4.98 Å². The highest BCUT2D eigenvalue weighted by Crippen LogP contribution is 2.33. The zero-order valence-corrected chi connectivity index (χ0v) is 14.5. The van der Waals surface area contributed by atoms with E-state index < -0.39 is 0 Å². The van der Waals surface area contributed by atoms with Crippen LogP contribution >= 0.6 is 0 Å². The molecule has 3 aromatic rings. The normalized spacial score (nSPS) is 16.5. The van der Waals surface area contributed by atoms with Crippen LogP contribution in [0.5, 0.6) is 5.75 Å². The maximum absolute atomic E-state index is 11.8. The number of quaternary nitrogens is 1. The minimum atomic E-state index is -0.298. The summed E-state index contributed by atoms with van der Waals surface area (Å²) in [7, 11) is 0. The molecule has 1 unspecified atom stereocenters. The summed E-state index contributed by atoms with van der Waals surface area (Å²) in [5, 5.41) is 1.02. The molecule has 2 aromatic heterocycles. The maximum atomic E-state index is 11.8. The molecule has 0 bridgehead atoms. The van der Waals surface area contributed by atoms with Crippen LogP contribution in [-0.4, -0.2) is 11.7 Å². The van der Waals surface area contributed by atoms with E-state index in [1.54, 1.807) is 6.07 Å². The second-order valence-electron chi connectivity index (χ2n) is 6.56. The highest BCUT2D eigenvalue weighted by atomic mass is 16.5. The van der Waals surface area contributed by atoms with Crippen LogP contribution in [-0.2, 0) is 19.5 Å². The van der Waals surface area contributed by atoms with E-state index in [4.69, 9.17) is 9.15 Å². The summed E-state index contributed by atoms with van der Waals surface area (Å²) in [6.07, 6.45) is 4.44. The minimum Gasteiger partial charge on any atom is -0.444 e. The Bertz CT molecular complexity index is 980. The van der Waals surface area contributed by atoms with Gasteiger partial charge in [-0.2, -0.15) is 0 Å². The van der Waals surface area contributed by atoms with E-state index in [2.05, 4.69) is 18.0 Å². The van der Waals surface area contributed by atoms with Gasteiger partial charge in [0.1, 0.15) is 24.4 Å². The molecule has 0 fully saturated rings. The molecule has 128 valence electrons. The van der Waals surface area contributed by atoms with Gasteiger partial charge in [0.25, 0.3) is 0 Å². The van der Waals surface area contributed by atoms with Crippen molar-refractivity contribution in [2.75, 3.05) is 6.73 Å². The third-order valence-electron chi connectivity index (χ3n) is 4.82. The fourth-order valence-electron chi connectivity index (χ4n) is 3.59. The van der Waals surface area contributed by atoms with Crippen LogP contribution in [0.2, 0.25) is 0 Å². The molecule has 5 heteroatoms. The first kappa shape index (κ1) is 15.8. The molecule has 5 nitrogen and oxygen atoms in total. The lowest BCUT2D eigenvalue weighted by atomic mass is 9.99. The van der Waals surface area contributed by atoms with Gasteiger partial charge in [-0.25, -0.2) is 4.79 Å². The first-order chi connectivity index (χ1) is 12.2. The second kappa shape index (κ2) is 6.33. The maximum Gasteiger partial charge on any atom is 0.336 e. The average molecular weight is 337 g/mol. The van der Waals surface area contributed by atoms with Crippen LogP contribution in [0.3, 0.4) is 0 Å². The molecular weight excluding hydrogens is 316 g/mol. The molecule has 1 aliphatic heterocycles. The lowest BCUT2D eigenvalue weighted by Crippen LogP contribution is -3.10. The Morgan fingerprint density at radius 3 is 2.80 bits per heavy atom. The summed E-state index contributed by atoms with van der Waals surface area (Å²) in [5.74, 6) is 0.863. The third kappa shape index (κ3) is 2.91. The zero-order valence-electron chi connectivity index (χ0n) is 14.5. The molecule has 1 aromatic carbocycles. The Kier molecular flexibility index (Phi) is 4.01. The van der Waals surface area contributed by atoms with Crippen LogP contribution in [0.1, 0.15) is 29.2 Å². The fraction of sp³-hybridized carbons (Fsp3) is 0.300. The summed E-state index contributed by atoms with van der Waals surface area (Å²) < 4.78 is 11.5. The van der Waals surface area contributed by atoms with Crippen molar-refractivity contribution < 1.29 is 14.1 Å². The van der Waals surface area contributed by atoms with E-state index in [9.17, 15) is 4.79 Å². The largest absolute Gasteiger partial charge is 0.444 e. The topological polar surface area (TPSA) is 56.8 Å². The zero-order chi connectivity index (χ0) is 17.4. The number of rotatable bonds is 3. The number of pyridine rings is 1. The number of benzene rings is 1. The van der Waals surface area contributed by atoms with Gasteiger partial charge in [-0.3, -0.25) is 9.88 Å². The predicted octanol–water partition coefficient (Wildman–Crippen LogP) is 1.99. The quantitative estimate of drug-likeness (QED) is 0.743. The van der Waals surface area contributed by atoms with E-state index in [1.165, 1.54) is 16.0 Å². The Labute approximate surface area is 145 Å². The molecule has 3 heterocycles. The Balaban J connectivity index is 1.73. The van der Waals surface area contributed by atoms with Gasteiger partial charge in [-0.05, 0) is 37.1 Å². The second-order valence-corrected chi connectivity index (χ2v) is 6.56. The van der Waals surface area contributed by atoms with Gasteiger partial charge in [0.05, 0.1) is 0 Å². The van der Waals surface area contributed by atoms with E-state index in [1.807, 2.05) is 31.5 Å². The van der Waals surface area contributed by atoms with Crippen LogP contribution in [0.25, 0.3) is 11.0 Å². The lowest BCUT2D eigenvalue weighted by molar-refractivity contribution is -0.945. The predicted molar refractivity (Wildman–Crippen MR) is 94.7 cm³/mol. The Morgan fingerprint density at radius 2 is 2.04 bits per heavy atom. The molecule has 1 aliphatic rings. The van der Waals surface area contributed by atoms with Crippen molar-refractivity contribution in [2.45, 2.75) is 33.4 Å². The molecule has 1 N–H and O–H groups in total. The molecule has 0 radical (unpaired) electrons. The van der Waals surface area contributed by atoms with Crippen molar-refractivity contribution in [3.05, 3.63) is 69.3 Å². The minimum absolute atomic E-state index is 0.298. The number of aryl methyl sites for hydroxylation is 2. The van der Waals surface area contributed by atoms with Crippen molar-refractivity contribution >= 4 is 11.0 Å². The van der Waals surface area contributed by atoms with Gasteiger partial charge in [0, 0.05) is 40.5 Å². The summed E-state index contributed by atoms with van der Waals surface area (Å²) >= 11 is 0. The van der Waals surface area contributed by atoms with Gasteiger partial charge in [-0.15, -0.1) is 0 Å². The fourth-order valence-corrected chi connectivity index (χ4v) is 3.59. The van der Waals surface area contributed by atoms with Gasteiger partial charge in [-0.1, -0.05) is 6.92 Å². The van der Waals surface area contributed by atoms with E-state index >= 15 is 0 Å². The van der Waals surface area contributed by atoms with Crippen molar-refractivity contribution in [3.63, 3.8) is 0 Å². The van der Waals surface area contributed by atoms with E-state index in [0.29, 0.717) is 12.3 Å². The number of aromatic nitrogens is 1. The van der Waals surface area contributed by atoms with E-state index in [-0.39, 0.29) is 5.63 Å². The number of nitrogens with one attached hydrogen (secondary N) is 1. The Morgan fingerprint density at radius 1 is 1.24 bits per heavy atom. The number of hydrogen-bond donors (Lipinski definition) is 1. The monoisotopic (exact) mass is 337 g/mol. The number of fused-ring (bicyclic) bond motifs is 2. The first-order valence-electron chi connectivity index (χ1n) is 8.60. The van der Waals surface area contributed by atoms with Crippen molar-refractivity contribution in [2.24, 2.45) is 0 Å². The summed E-state index contributed by atoms with van der Waals surface area (Å²) in [6, 6.07) is 7.81. The molecule has 0 amide bonds. The van der Waals surface area contributed by atoms with Gasteiger partial charge >= 0.3 is 5.63 Å². The molecule has 1 atom stereocenters. The molecule has 0 saturated carbocycles. The highest BCUT2D eigenvalue weighted by Gasteiger charge is 2.25. The number of nitrogens with zero attached hydrogens (tertiary/aromatic N) is 1. The molecule has 25 heavy (non-hydrogen) atoms. The number of hydrogen-bond acceptors (Lipinski definition) is 4. The first-order valence-corrected chi connectivity index (χ1v) is 8.60. The molecule has 0 aliphatic carbocycles. The summed E-state index contributed by atoms with van der Waals surface area (Å²) in [6.45, 7) is 6.40. The van der Waals surface area contributed by atoms with Crippen molar-refractivity contribution in [1.29, 1.82) is 0 Å². The van der Waals surface area contributed by atoms with E-state index in [0.717, 1.165) is 41.8 Å². The standard InChI is InChI=1S/C20H20N2O3/c1-3-15-9-18(23)25-20-13(2)19-16(8-17(15)20)11-22(12-24-19)10-14-4-6-21-7-5-14/h4-9H,3,10-12H2,1-2H3/p+1. The summed E-state index contributed by atoms with van der Waals surface area (Å²) in [4.78, 5) is 17.2. The van der Waals surface area contributed by atoms with Crippen LogP contribution < -0.4 is 15.3 Å². The van der Waals surface area contributed by atoms with Crippen LogP contribution in [0.4, 0.5) is 0 Å².